The van der Waals surface area contributed by atoms with Crippen LogP contribution in [0.15, 0.2) is 174 Å². The van der Waals surface area contributed by atoms with Crippen LogP contribution in [-0.2, 0) is 80.9 Å². The lowest BCUT2D eigenvalue weighted by Gasteiger charge is -2.67. The molecule has 13 rings (SSSR count). The van der Waals surface area contributed by atoms with Gasteiger partial charge in [-0.1, -0.05) is 157 Å². The summed E-state index contributed by atoms with van der Waals surface area (Å²) in [6.45, 7) is 18.6. The van der Waals surface area contributed by atoms with Crippen molar-refractivity contribution >= 4 is 65.4 Å². The molecule has 120 heavy (non-hydrogen) atoms. The Hall–Kier alpha value is -10.4. The van der Waals surface area contributed by atoms with Crippen molar-refractivity contribution in [1.29, 1.82) is 0 Å². The predicted molar refractivity (Wildman–Crippen MR) is 421 cm³/mol. The Balaban J connectivity index is 0.000000221. The minimum atomic E-state index is -2.39. The minimum absolute atomic E-state index is 0.000264. The molecule has 6 fully saturated rings. The van der Waals surface area contributed by atoms with Crippen LogP contribution in [-0.4, -0.2) is 217 Å². The van der Waals surface area contributed by atoms with Gasteiger partial charge in [-0.15, -0.1) is 0 Å². The molecule has 2 amide bonds. The molecule has 22 atom stereocenters. The maximum absolute atomic E-state index is 15.5. The zero-order valence-corrected chi connectivity index (χ0v) is 68.9. The van der Waals surface area contributed by atoms with E-state index >= 15 is 4.79 Å². The summed E-state index contributed by atoms with van der Waals surface area (Å²) in [6, 6.07) is 37.6. The van der Waals surface area contributed by atoms with Crippen molar-refractivity contribution in [3.05, 3.63) is 202 Å². The number of amides is 2. The van der Waals surface area contributed by atoms with Gasteiger partial charge >= 0.3 is 47.9 Å². The van der Waals surface area contributed by atoms with E-state index in [9.17, 15) is 83.7 Å². The zero-order valence-electron chi connectivity index (χ0n) is 68.9. The standard InChI is InChI=1S/C47H51NO14.C43H53NO14/c1-25-31(60-43(56)36(52)35(28-16-10-7-11-17-28)48-41(54)29-18-12-8-13-19-29)23-47(57)40(61-42(55)30-20-14-9-15-21-30)38-45(6,32(51)22-33-46(38,24-58-33)62-27(3)50)39(53)37(59-26(2)49)34(25)44(47,4)5;1-22(2)20-54-39(52)44-31(25-14-10-8-11-15-25)33(48)38(51)56-27-19-43(53)36(57-37(50)26-16-12-9-13-17-26)34-41(7,35(49)32(47)30(23(27)3)40(43,5)6)28(46)18-29-42(34,21-55-29)58-24(4)45/h7-21,31-33,35-38,40,51-52,57H,22-24H2,1-6H3,(H,48,54);8-17,22,27-29,31-34,36,46-48,53H,18-21H2,1-7H3,(H,44,52)/t31-,32-,33+,35-,36+,37+,38-,40-,45+,46-,47+;27?,28-,29+,31-,32+,33+,34-,36-,41+,42-,43+/m00/s1. The summed E-state index contributed by atoms with van der Waals surface area (Å²) in [4.78, 5) is 152. The van der Waals surface area contributed by atoms with Crippen molar-refractivity contribution < 1.29 is 136 Å². The lowest BCUT2D eigenvalue weighted by Crippen LogP contribution is -2.82. The minimum Gasteiger partial charge on any atom is -0.456 e. The first-order valence-corrected chi connectivity index (χ1v) is 40.0. The van der Waals surface area contributed by atoms with E-state index in [0.29, 0.717) is 11.1 Å². The van der Waals surface area contributed by atoms with Gasteiger partial charge in [0.05, 0.1) is 77.9 Å². The van der Waals surface area contributed by atoms with Crippen LogP contribution in [0.25, 0.3) is 0 Å². The number of nitrogens with one attached hydrogen (secondary N) is 2. The van der Waals surface area contributed by atoms with E-state index in [2.05, 4.69) is 10.6 Å². The van der Waals surface area contributed by atoms with E-state index in [0.717, 1.165) is 20.8 Å². The summed E-state index contributed by atoms with van der Waals surface area (Å²) < 4.78 is 59.6. The number of alkyl carbamates (subject to hydrolysis) is 1. The fourth-order valence-corrected chi connectivity index (χ4v) is 19.7. The molecule has 6 aliphatic carbocycles. The molecule has 0 aromatic heterocycles. The molecule has 4 saturated carbocycles. The number of hydrogen-bond donors (Lipinski definition) is 9. The van der Waals surface area contributed by atoms with Crippen LogP contribution < -0.4 is 10.6 Å². The van der Waals surface area contributed by atoms with Crippen LogP contribution in [0.2, 0.25) is 0 Å². The van der Waals surface area contributed by atoms with Crippen LogP contribution >= 0.6 is 0 Å². The summed E-state index contributed by atoms with van der Waals surface area (Å²) >= 11 is 0. The summed E-state index contributed by atoms with van der Waals surface area (Å²) in [6.07, 6.45) is -21.9. The summed E-state index contributed by atoms with van der Waals surface area (Å²) in [7, 11) is 0. The number of Topliss-reactive ketones (excluding diaryl/α,β-unsaturated/α-hetero) is 2. The molecular formula is C90H104N2O28. The maximum Gasteiger partial charge on any atom is 0.407 e. The number of esters is 7. The van der Waals surface area contributed by atoms with Crippen LogP contribution in [0.5, 0.6) is 0 Å². The molecule has 5 aromatic carbocycles. The molecule has 0 radical (unpaired) electrons. The molecular weight excluding hydrogens is 1560 g/mol. The molecule has 4 bridgehead atoms. The molecule has 642 valence electrons. The molecule has 5 aromatic rings. The smallest absolute Gasteiger partial charge is 0.407 e. The number of fused-ring (bicyclic) bond motifs is 10. The second-order valence-electron chi connectivity index (χ2n) is 34.4. The SMILES string of the molecule is CC(=O)O[C@@]12CO[C@@H]1C[C@H](O)[C@@]1(C)C(=O)[C@H](O)C3=C(C)C(OC(=O)[C@H](O)[C@@H](NC(=O)OCC(C)C)c4ccccc4)C[C@@](O)([C@@H](OC(=O)c4ccccc4)[C@H]21)C3(C)C.CC(=O)O[C@H]1C(=O)[C@@]2(C)[C@H]([C@H](OC(=O)c3ccccc3)[C@]3(O)C[C@H](OC(=O)[C@H](O)[C@@H](NC(=O)c4ccccc4)c4ccccc4)C(C)=C1C3(C)C)[C@]1(OC(C)=O)CO[C@@H]1C[C@@H]2O. The van der Waals surface area contributed by atoms with Crippen molar-refractivity contribution in [2.45, 2.75) is 223 Å². The number of ether oxygens (including phenoxy) is 10. The molecule has 30 heteroatoms. The largest absolute Gasteiger partial charge is 0.456 e. The van der Waals surface area contributed by atoms with E-state index in [4.69, 9.17) is 47.4 Å². The van der Waals surface area contributed by atoms with Gasteiger partial charge in [0.25, 0.3) is 5.91 Å². The van der Waals surface area contributed by atoms with Gasteiger partial charge in [0.2, 0.25) is 0 Å². The normalized spacial score (nSPS) is 32.6. The first kappa shape index (κ1) is 88.9. The number of ketones is 2. The quantitative estimate of drug-likeness (QED) is 0.0218. The topological polar surface area (TPSA) is 446 Å². The Morgan fingerprint density at radius 3 is 1.23 bits per heavy atom. The van der Waals surface area contributed by atoms with Gasteiger partial charge in [0.15, 0.2) is 41.1 Å². The average Bonchev–Trinajstić information content (AvgIpc) is 0.673. The monoisotopic (exact) mass is 1660 g/mol. The highest BCUT2D eigenvalue weighted by Gasteiger charge is 2.81. The van der Waals surface area contributed by atoms with Gasteiger partial charge in [0.1, 0.15) is 53.9 Å². The van der Waals surface area contributed by atoms with E-state index in [1.165, 1.54) is 52.0 Å². The van der Waals surface area contributed by atoms with Gasteiger partial charge < -0.3 is 93.7 Å². The highest BCUT2D eigenvalue weighted by molar-refractivity contribution is 5.97. The third kappa shape index (κ3) is 15.5. The van der Waals surface area contributed by atoms with Crippen LogP contribution in [0, 0.1) is 39.4 Å². The van der Waals surface area contributed by atoms with Crippen molar-refractivity contribution in [3.8, 4) is 0 Å². The van der Waals surface area contributed by atoms with Crippen molar-refractivity contribution in [3.63, 3.8) is 0 Å². The fourth-order valence-electron chi connectivity index (χ4n) is 19.7. The Morgan fingerprint density at radius 2 is 0.850 bits per heavy atom. The highest BCUT2D eigenvalue weighted by Crippen LogP contribution is 2.67. The van der Waals surface area contributed by atoms with Gasteiger partial charge in [-0.25, -0.2) is 24.0 Å². The van der Waals surface area contributed by atoms with Crippen LogP contribution in [0.1, 0.15) is 170 Å². The number of hydrogen-bond acceptors (Lipinski definition) is 28. The van der Waals surface area contributed by atoms with Gasteiger partial charge in [-0.05, 0) is 103 Å². The number of benzene rings is 5. The number of carbonyl (C=O) groups excluding carboxylic acids is 11. The van der Waals surface area contributed by atoms with E-state index in [1.807, 2.05) is 13.8 Å². The van der Waals surface area contributed by atoms with E-state index < -0.39 is 219 Å². The lowest BCUT2D eigenvalue weighted by atomic mass is 9.44. The lowest BCUT2D eigenvalue weighted by molar-refractivity contribution is -0.346. The Kier molecular flexibility index (Phi) is 25.1. The Morgan fingerprint density at radius 1 is 0.483 bits per heavy atom. The molecule has 30 nitrogen and oxygen atoms in total. The molecule has 2 saturated heterocycles. The summed E-state index contributed by atoms with van der Waals surface area (Å²) in [5.74, 6) is -12.2. The zero-order chi connectivity index (χ0) is 87.5. The fraction of sp³-hybridized carbons (Fsp3) is 0.500. The van der Waals surface area contributed by atoms with Crippen molar-refractivity contribution in [2.24, 2.45) is 39.4 Å². The predicted octanol–water partition coefficient (Wildman–Crippen LogP) is 6.85. The average molecular weight is 1660 g/mol. The number of aliphatic hydroxyl groups is 7. The molecule has 2 heterocycles. The second kappa shape index (κ2) is 33.9. The second-order valence-corrected chi connectivity index (χ2v) is 34.4. The molecule has 8 aliphatic rings. The number of rotatable bonds is 20. The summed E-state index contributed by atoms with van der Waals surface area (Å²) in [5.41, 5.74) is -14.2. The third-order valence-electron chi connectivity index (χ3n) is 26.2. The summed E-state index contributed by atoms with van der Waals surface area (Å²) in [5, 5.41) is 91.8. The Bertz CT molecular complexity index is 4830. The van der Waals surface area contributed by atoms with Crippen molar-refractivity contribution in [1.82, 2.24) is 10.6 Å². The van der Waals surface area contributed by atoms with E-state index in [-0.39, 0.29) is 77.6 Å². The molecule has 2 aliphatic heterocycles. The van der Waals surface area contributed by atoms with Gasteiger partial charge in [-0.3, -0.25) is 28.8 Å². The van der Waals surface area contributed by atoms with Gasteiger partial charge in [0, 0.05) is 62.8 Å². The number of aliphatic hydroxyl groups excluding tert-OH is 5. The van der Waals surface area contributed by atoms with Crippen LogP contribution in [0.4, 0.5) is 4.79 Å². The molecule has 1 unspecified atom stereocenters. The first-order chi connectivity index (χ1) is 56.5. The number of carbonyl (C=O) groups is 11. The highest BCUT2D eigenvalue weighted by atomic mass is 16.7. The Labute approximate surface area is 693 Å². The molecule has 9 N–H and O–H groups in total. The first-order valence-electron chi connectivity index (χ1n) is 40.0. The van der Waals surface area contributed by atoms with Crippen molar-refractivity contribution in [2.75, 3.05) is 19.8 Å². The van der Waals surface area contributed by atoms with Gasteiger partial charge in [-0.2, -0.15) is 0 Å². The maximum atomic E-state index is 15.5. The molecule has 0 spiro atoms. The van der Waals surface area contributed by atoms with E-state index in [1.54, 1.807) is 155 Å². The third-order valence-corrected chi connectivity index (χ3v) is 26.2. The van der Waals surface area contributed by atoms with Crippen LogP contribution in [0.3, 0.4) is 0 Å².